The number of hydrogen-bond donors (Lipinski definition) is 2. The first-order valence-corrected chi connectivity index (χ1v) is 8.43. The van der Waals surface area contributed by atoms with Crippen molar-refractivity contribution in [1.29, 1.82) is 0 Å². The average molecular weight is 328 g/mol. The molecular formula is C18H20N2O2S. The van der Waals surface area contributed by atoms with Crippen molar-refractivity contribution in [2.75, 3.05) is 12.3 Å². The fourth-order valence-corrected chi connectivity index (χ4v) is 2.74. The van der Waals surface area contributed by atoms with Gasteiger partial charge in [0.15, 0.2) is 0 Å². The van der Waals surface area contributed by atoms with E-state index in [-0.39, 0.29) is 11.8 Å². The molecule has 0 aromatic heterocycles. The maximum Gasteiger partial charge on any atom is 0.251 e. The Morgan fingerprint density at radius 2 is 1.65 bits per heavy atom. The van der Waals surface area contributed by atoms with E-state index in [9.17, 15) is 9.59 Å². The summed E-state index contributed by atoms with van der Waals surface area (Å²) in [7, 11) is 0. The molecule has 2 rings (SSSR count). The van der Waals surface area contributed by atoms with E-state index in [1.807, 2.05) is 30.3 Å². The first-order valence-electron chi connectivity index (χ1n) is 7.44. The van der Waals surface area contributed by atoms with Crippen molar-refractivity contribution in [3.8, 4) is 0 Å². The maximum absolute atomic E-state index is 12.0. The normalized spacial score (nSPS) is 10.1. The Kier molecular flexibility index (Phi) is 6.69. The molecule has 0 saturated carbocycles. The minimum absolute atomic E-state index is 0.0669. The lowest BCUT2D eigenvalue weighted by molar-refractivity contribution is -0.119. The molecule has 0 aliphatic carbocycles. The van der Waals surface area contributed by atoms with Gasteiger partial charge in [-0.3, -0.25) is 9.59 Å². The third-order valence-electron chi connectivity index (χ3n) is 3.16. The summed E-state index contributed by atoms with van der Waals surface area (Å²) < 4.78 is 0. The lowest BCUT2D eigenvalue weighted by Crippen LogP contribution is -2.25. The van der Waals surface area contributed by atoms with Gasteiger partial charge in [-0.15, -0.1) is 11.8 Å². The Balaban J connectivity index is 1.73. The molecule has 2 aromatic carbocycles. The highest BCUT2D eigenvalue weighted by Gasteiger charge is 2.05. The second-order valence-corrected chi connectivity index (χ2v) is 6.19. The Morgan fingerprint density at radius 1 is 0.957 bits per heavy atom. The summed E-state index contributed by atoms with van der Waals surface area (Å²) >= 11 is 1.71. The average Bonchev–Trinajstić information content (AvgIpc) is 2.58. The Morgan fingerprint density at radius 3 is 2.30 bits per heavy atom. The van der Waals surface area contributed by atoms with Gasteiger partial charge < -0.3 is 10.6 Å². The number of hydrogen-bond acceptors (Lipinski definition) is 3. The number of carbonyl (C=O) groups excluding carboxylic acids is 2. The maximum atomic E-state index is 12.0. The number of thioether (sulfide) groups is 1. The fraction of sp³-hybridized carbons (Fsp3) is 0.222. The van der Waals surface area contributed by atoms with Gasteiger partial charge >= 0.3 is 0 Å². The zero-order chi connectivity index (χ0) is 16.5. The van der Waals surface area contributed by atoms with Crippen molar-refractivity contribution >= 4 is 23.6 Å². The Bertz CT molecular complexity index is 642. The van der Waals surface area contributed by atoms with E-state index in [1.54, 1.807) is 23.9 Å². The van der Waals surface area contributed by atoms with E-state index in [0.717, 1.165) is 11.3 Å². The largest absolute Gasteiger partial charge is 0.352 e. The van der Waals surface area contributed by atoms with Gasteiger partial charge in [-0.2, -0.15) is 0 Å². The van der Waals surface area contributed by atoms with Gasteiger partial charge in [0.05, 0.1) is 0 Å². The van der Waals surface area contributed by atoms with Crippen molar-refractivity contribution < 1.29 is 9.59 Å². The lowest BCUT2D eigenvalue weighted by atomic mass is 10.1. The van der Waals surface area contributed by atoms with Crippen molar-refractivity contribution in [3.05, 3.63) is 65.7 Å². The number of rotatable bonds is 7. The van der Waals surface area contributed by atoms with Crippen LogP contribution in [0.5, 0.6) is 0 Å². The van der Waals surface area contributed by atoms with E-state index >= 15 is 0 Å². The summed E-state index contributed by atoms with van der Waals surface area (Å²) in [5.41, 5.74) is 1.60. The van der Waals surface area contributed by atoms with Crippen LogP contribution < -0.4 is 10.6 Å². The van der Waals surface area contributed by atoms with E-state index in [0.29, 0.717) is 18.7 Å². The molecule has 2 amide bonds. The molecule has 0 aliphatic heterocycles. The molecule has 0 spiro atoms. The summed E-state index contributed by atoms with van der Waals surface area (Å²) in [5.74, 6) is 0.684. The van der Waals surface area contributed by atoms with E-state index in [4.69, 9.17) is 0 Å². The second kappa shape index (κ2) is 9.00. The molecule has 0 saturated heterocycles. The van der Waals surface area contributed by atoms with Crippen LogP contribution in [0.2, 0.25) is 0 Å². The monoisotopic (exact) mass is 328 g/mol. The highest BCUT2D eigenvalue weighted by atomic mass is 32.2. The lowest BCUT2D eigenvalue weighted by Gasteiger charge is -2.07. The highest BCUT2D eigenvalue weighted by molar-refractivity contribution is 7.99. The molecule has 5 heteroatoms. The molecule has 0 radical (unpaired) electrons. The third kappa shape index (κ3) is 6.16. The van der Waals surface area contributed by atoms with Crippen LogP contribution in [0.1, 0.15) is 22.8 Å². The molecule has 2 aromatic rings. The quantitative estimate of drug-likeness (QED) is 0.607. The highest BCUT2D eigenvalue weighted by Crippen LogP contribution is 2.15. The van der Waals surface area contributed by atoms with Gasteiger partial charge in [0.1, 0.15) is 0 Å². The van der Waals surface area contributed by atoms with Crippen LogP contribution in [0, 0.1) is 0 Å². The summed E-state index contributed by atoms with van der Waals surface area (Å²) in [6.07, 6.45) is 0. The third-order valence-corrected chi connectivity index (χ3v) is 4.17. The predicted molar refractivity (Wildman–Crippen MR) is 93.5 cm³/mol. The van der Waals surface area contributed by atoms with Crippen LogP contribution in [0.25, 0.3) is 0 Å². The Hall–Kier alpha value is -2.27. The van der Waals surface area contributed by atoms with Crippen molar-refractivity contribution in [1.82, 2.24) is 10.6 Å². The standard InChI is InChI=1S/C18H20N2O2S/c1-14(21)20-13-15-7-9-16(10-8-15)18(22)19-11-12-23-17-5-3-2-4-6-17/h2-10H,11-13H2,1H3,(H,19,22)(H,20,21). The van der Waals surface area contributed by atoms with Gasteiger partial charge in [0.25, 0.3) is 5.91 Å². The van der Waals surface area contributed by atoms with Crippen molar-refractivity contribution in [2.45, 2.75) is 18.4 Å². The van der Waals surface area contributed by atoms with Crippen LogP contribution in [-0.2, 0) is 11.3 Å². The van der Waals surface area contributed by atoms with E-state index in [1.165, 1.54) is 11.8 Å². The van der Waals surface area contributed by atoms with Crippen LogP contribution in [-0.4, -0.2) is 24.1 Å². The van der Waals surface area contributed by atoms with E-state index in [2.05, 4.69) is 22.8 Å². The van der Waals surface area contributed by atoms with Crippen molar-refractivity contribution in [2.24, 2.45) is 0 Å². The molecule has 23 heavy (non-hydrogen) atoms. The van der Waals surface area contributed by atoms with Crippen LogP contribution in [0.15, 0.2) is 59.5 Å². The van der Waals surface area contributed by atoms with Crippen LogP contribution in [0.4, 0.5) is 0 Å². The number of nitrogens with one attached hydrogen (secondary N) is 2. The molecule has 0 fully saturated rings. The summed E-state index contributed by atoms with van der Waals surface area (Å²) in [6.45, 7) is 2.58. The van der Waals surface area contributed by atoms with Gasteiger partial charge in [-0.1, -0.05) is 30.3 Å². The topological polar surface area (TPSA) is 58.2 Å². The molecule has 120 valence electrons. The summed E-state index contributed by atoms with van der Waals surface area (Å²) in [4.78, 5) is 24.1. The number of carbonyl (C=O) groups is 2. The smallest absolute Gasteiger partial charge is 0.251 e. The Labute approximate surface area is 140 Å². The van der Waals surface area contributed by atoms with Gasteiger partial charge in [0.2, 0.25) is 5.91 Å². The molecule has 0 bridgehead atoms. The minimum atomic E-state index is -0.0789. The summed E-state index contributed by atoms with van der Waals surface area (Å²) in [5, 5.41) is 5.64. The van der Waals surface area contributed by atoms with Crippen molar-refractivity contribution in [3.63, 3.8) is 0 Å². The van der Waals surface area contributed by atoms with Crippen LogP contribution >= 0.6 is 11.8 Å². The zero-order valence-electron chi connectivity index (χ0n) is 13.0. The molecule has 0 atom stereocenters. The SMILES string of the molecule is CC(=O)NCc1ccc(C(=O)NCCSc2ccccc2)cc1. The van der Waals surface area contributed by atoms with E-state index < -0.39 is 0 Å². The van der Waals surface area contributed by atoms with Gasteiger partial charge in [-0.25, -0.2) is 0 Å². The van der Waals surface area contributed by atoms with Crippen LogP contribution in [0.3, 0.4) is 0 Å². The minimum Gasteiger partial charge on any atom is -0.352 e. The molecule has 0 aliphatic rings. The molecule has 4 nitrogen and oxygen atoms in total. The second-order valence-electron chi connectivity index (χ2n) is 5.02. The zero-order valence-corrected chi connectivity index (χ0v) is 13.9. The molecule has 0 heterocycles. The first-order chi connectivity index (χ1) is 11.1. The molecular weight excluding hydrogens is 308 g/mol. The fourth-order valence-electron chi connectivity index (χ4n) is 1.95. The van der Waals surface area contributed by atoms with Gasteiger partial charge in [-0.05, 0) is 29.8 Å². The number of benzene rings is 2. The first kappa shape index (κ1) is 17.1. The predicted octanol–water partition coefficient (Wildman–Crippen LogP) is 2.84. The van der Waals surface area contributed by atoms with Gasteiger partial charge in [0, 0.05) is 36.2 Å². The summed E-state index contributed by atoms with van der Waals surface area (Å²) in [6, 6.07) is 17.4. The molecule has 2 N–H and O–H groups in total. The number of amides is 2. The molecule has 0 unspecified atom stereocenters.